The first-order valence-corrected chi connectivity index (χ1v) is 7.62. The lowest BCUT2D eigenvalue weighted by Gasteiger charge is -2.17. The van der Waals surface area contributed by atoms with E-state index in [1.54, 1.807) is 4.90 Å². The summed E-state index contributed by atoms with van der Waals surface area (Å²) in [5.41, 5.74) is 1.66. The normalized spacial score (nSPS) is 17.4. The number of rotatable bonds is 6. The topological polar surface area (TPSA) is 61.8 Å². The third-order valence-corrected chi connectivity index (χ3v) is 3.68. The third-order valence-electron chi connectivity index (χ3n) is 3.68. The Hall–Kier alpha value is -2.01. The number of amides is 2. The quantitative estimate of drug-likeness (QED) is 0.794. The molecule has 2 amide bonds. The van der Waals surface area contributed by atoms with Gasteiger partial charge in [0.25, 0.3) is 0 Å². The number of aliphatic hydroxyl groups excluding tert-OH is 1. The molecule has 1 saturated heterocycles. The van der Waals surface area contributed by atoms with Crippen LogP contribution in [-0.2, 0) is 0 Å². The number of likely N-dealkylation sites (tertiary alicyclic amines) is 1. The molecule has 5 heteroatoms. The largest absolute Gasteiger partial charge is 0.489 e. The molecule has 0 saturated carbocycles. The summed E-state index contributed by atoms with van der Waals surface area (Å²) in [6.07, 6.45) is 1.71. The average Bonchev–Trinajstić information content (AvgIpc) is 2.95. The Labute approximate surface area is 131 Å². The van der Waals surface area contributed by atoms with Crippen molar-refractivity contribution in [3.63, 3.8) is 0 Å². The molecule has 0 aromatic heterocycles. The number of aliphatic hydroxyl groups is 1. The van der Waals surface area contributed by atoms with Crippen molar-refractivity contribution in [1.82, 2.24) is 4.90 Å². The van der Waals surface area contributed by atoms with E-state index in [1.165, 1.54) is 0 Å². The van der Waals surface area contributed by atoms with E-state index in [1.807, 2.05) is 31.2 Å². The summed E-state index contributed by atoms with van der Waals surface area (Å²) in [6.45, 7) is 7.79. The van der Waals surface area contributed by atoms with Gasteiger partial charge in [-0.25, -0.2) is 4.79 Å². The van der Waals surface area contributed by atoms with Gasteiger partial charge in [-0.15, -0.1) is 0 Å². The Morgan fingerprint density at radius 3 is 3.09 bits per heavy atom. The molecule has 1 aliphatic heterocycles. The minimum Gasteiger partial charge on any atom is -0.489 e. The van der Waals surface area contributed by atoms with Crippen LogP contribution in [0.15, 0.2) is 36.4 Å². The zero-order valence-corrected chi connectivity index (χ0v) is 13.0. The molecule has 1 fully saturated rings. The van der Waals surface area contributed by atoms with Crippen LogP contribution in [0.4, 0.5) is 10.5 Å². The highest BCUT2D eigenvalue weighted by Crippen LogP contribution is 2.22. The number of hydrogen-bond acceptors (Lipinski definition) is 3. The molecular weight excluding hydrogens is 280 g/mol. The monoisotopic (exact) mass is 304 g/mol. The standard InChI is InChI=1S/C17H24N2O3/c1-13(2)12-22-16-5-3-4-15(10-16)18-17(21)19-8-6-14(11-19)7-9-20/h3-5,10,14,20H,1,6-9,11-12H2,2H3,(H,18,21). The zero-order chi connectivity index (χ0) is 15.9. The summed E-state index contributed by atoms with van der Waals surface area (Å²) in [4.78, 5) is 14.0. The molecule has 1 unspecified atom stereocenters. The number of ether oxygens (including phenoxy) is 1. The Bertz CT molecular complexity index is 530. The molecule has 120 valence electrons. The van der Waals surface area contributed by atoms with Gasteiger partial charge < -0.3 is 20.1 Å². The lowest BCUT2D eigenvalue weighted by Crippen LogP contribution is -2.33. The van der Waals surface area contributed by atoms with Gasteiger partial charge in [0.15, 0.2) is 0 Å². The molecule has 1 aromatic carbocycles. The van der Waals surface area contributed by atoms with Crippen molar-refractivity contribution in [2.24, 2.45) is 5.92 Å². The van der Waals surface area contributed by atoms with Crippen LogP contribution < -0.4 is 10.1 Å². The molecule has 0 bridgehead atoms. The van der Waals surface area contributed by atoms with Gasteiger partial charge in [-0.3, -0.25) is 0 Å². The predicted octanol–water partition coefficient (Wildman–Crippen LogP) is 2.88. The van der Waals surface area contributed by atoms with Crippen LogP contribution in [-0.4, -0.2) is 42.3 Å². The van der Waals surface area contributed by atoms with Crippen molar-refractivity contribution in [1.29, 1.82) is 0 Å². The molecule has 1 heterocycles. The van der Waals surface area contributed by atoms with E-state index >= 15 is 0 Å². The van der Waals surface area contributed by atoms with Crippen molar-refractivity contribution in [3.8, 4) is 5.75 Å². The molecule has 1 atom stereocenters. The van der Waals surface area contributed by atoms with Crippen molar-refractivity contribution in [2.75, 3.05) is 31.6 Å². The van der Waals surface area contributed by atoms with Crippen LogP contribution in [0.1, 0.15) is 19.8 Å². The van der Waals surface area contributed by atoms with Crippen molar-refractivity contribution in [3.05, 3.63) is 36.4 Å². The van der Waals surface area contributed by atoms with Crippen LogP contribution in [0.25, 0.3) is 0 Å². The van der Waals surface area contributed by atoms with Crippen LogP contribution in [0.5, 0.6) is 5.75 Å². The second-order valence-corrected chi connectivity index (χ2v) is 5.82. The number of nitrogens with zero attached hydrogens (tertiary/aromatic N) is 1. The summed E-state index contributed by atoms with van der Waals surface area (Å²) in [6, 6.07) is 7.25. The van der Waals surface area contributed by atoms with Crippen LogP contribution >= 0.6 is 0 Å². The van der Waals surface area contributed by atoms with E-state index in [9.17, 15) is 4.79 Å². The first kappa shape index (κ1) is 16.4. The second kappa shape index (κ2) is 7.84. The van der Waals surface area contributed by atoms with E-state index in [-0.39, 0.29) is 12.6 Å². The van der Waals surface area contributed by atoms with E-state index in [0.717, 1.165) is 30.6 Å². The number of urea groups is 1. The fourth-order valence-electron chi connectivity index (χ4n) is 2.51. The van der Waals surface area contributed by atoms with E-state index in [2.05, 4.69) is 11.9 Å². The van der Waals surface area contributed by atoms with E-state index in [4.69, 9.17) is 9.84 Å². The molecule has 5 nitrogen and oxygen atoms in total. The molecule has 0 aliphatic carbocycles. The molecule has 0 spiro atoms. The minimum atomic E-state index is -0.0995. The number of benzene rings is 1. The Morgan fingerprint density at radius 1 is 1.55 bits per heavy atom. The van der Waals surface area contributed by atoms with Crippen molar-refractivity contribution >= 4 is 11.7 Å². The smallest absolute Gasteiger partial charge is 0.321 e. The summed E-state index contributed by atoms with van der Waals surface area (Å²) in [5.74, 6) is 1.11. The number of anilines is 1. The van der Waals surface area contributed by atoms with Crippen LogP contribution in [0.2, 0.25) is 0 Å². The molecule has 0 radical (unpaired) electrons. The Balaban J connectivity index is 1.89. The molecule has 22 heavy (non-hydrogen) atoms. The van der Waals surface area contributed by atoms with Gasteiger partial charge in [0, 0.05) is 31.5 Å². The van der Waals surface area contributed by atoms with E-state index < -0.39 is 0 Å². The van der Waals surface area contributed by atoms with E-state index in [0.29, 0.717) is 24.8 Å². The number of carbonyl (C=O) groups excluding carboxylic acids is 1. The van der Waals surface area contributed by atoms with Crippen LogP contribution in [0, 0.1) is 5.92 Å². The number of nitrogens with one attached hydrogen (secondary N) is 1. The van der Waals surface area contributed by atoms with Crippen molar-refractivity contribution in [2.45, 2.75) is 19.8 Å². The predicted molar refractivity (Wildman–Crippen MR) is 87.2 cm³/mol. The highest BCUT2D eigenvalue weighted by Gasteiger charge is 2.25. The summed E-state index contributed by atoms with van der Waals surface area (Å²) in [7, 11) is 0. The summed E-state index contributed by atoms with van der Waals surface area (Å²) >= 11 is 0. The molecular formula is C17H24N2O3. The maximum atomic E-state index is 12.2. The SMILES string of the molecule is C=C(C)COc1cccc(NC(=O)N2CCC(CCO)C2)c1. The fourth-order valence-corrected chi connectivity index (χ4v) is 2.51. The highest BCUT2D eigenvalue weighted by atomic mass is 16.5. The fraction of sp³-hybridized carbons (Fsp3) is 0.471. The molecule has 1 aromatic rings. The first-order valence-electron chi connectivity index (χ1n) is 7.62. The number of hydrogen-bond donors (Lipinski definition) is 2. The maximum Gasteiger partial charge on any atom is 0.321 e. The van der Waals surface area contributed by atoms with Crippen LogP contribution in [0.3, 0.4) is 0 Å². The lowest BCUT2D eigenvalue weighted by molar-refractivity contribution is 0.217. The minimum absolute atomic E-state index is 0.0995. The second-order valence-electron chi connectivity index (χ2n) is 5.82. The van der Waals surface area contributed by atoms with Gasteiger partial charge in [-0.1, -0.05) is 12.6 Å². The van der Waals surface area contributed by atoms with Gasteiger partial charge in [0.2, 0.25) is 0 Å². The van der Waals surface area contributed by atoms with Gasteiger partial charge in [0.05, 0.1) is 0 Å². The number of carbonyl (C=O) groups is 1. The Kier molecular flexibility index (Phi) is 5.83. The Morgan fingerprint density at radius 2 is 2.36 bits per heavy atom. The maximum absolute atomic E-state index is 12.2. The lowest BCUT2D eigenvalue weighted by atomic mass is 10.1. The van der Waals surface area contributed by atoms with Gasteiger partial charge >= 0.3 is 6.03 Å². The zero-order valence-electron chi connectivity index (χ0n) is 13.0. The first-order chi connectivity index (χ1) is 10.6. The van der Waals surface area contributed by atoms with Gasteiger partial charge in [-0.05, 0) is 43.4 Å². The summed E-state index contributed by atoms with van der Waals surface area (Å²) < 4.78 is 5.57. The molecule has 2 rings (SSSR count). The van der Waals surface area contributed by atoms with Gasteiger partial charge in [-0.2, -0.15) is 0 Å². The van der Waals surface area contributed by atoms with Gasteiger partial charge in [0.1, 0.15) is 12.4 Å². The van der Waals surface area contributed by atoms with Crippen molar-refractivity contribution < 1.29 is 14.6 Å². The highest BCUT2D eigenvalue weighted by molar-refractivity contribution is 5.89. The molecule has 1 aliphatic rings. The summed E-state index contributed by atoms with van der Waals surface area (Å²) in [5, 5.41) is 11.9. The molecule has 2 N–H and O–H groups in total. The average molecular weight is 304 g/mol. The third kappa shape index (κ3) is 4.77.